The molecule has 0 aliphatic carbocycles. The number of amides is 1. The smallest absolute Gasteiger partial charge is 0.243 e. The van der Waals surface area contributed by atoms with Gasteiger partial charge in [0.2, 0.25) is 15.9 Å². The van der Waals surface area contributed by atoms with E-state index in [2.05, 4.69) is 5.32 Å². The van der Waals surface area contributed by atoms with Crippen LogP contribution in [0.15, 0.2) is 23.1 Å². The van der Waals surface area contributed by atoms with Crippen molar-refractivity contribution in [1.82, 2.24) is 14.5 Å². The molecule has 2 fully saturated rings. The number of carbonyl (C=O) groups excluding carboxylic acids is 1. The number of sulfonamides is 1. The second-order valence-corrected chi connectivity index (χ2v) is 9.21. The monoisotopic (exact) mass is 369 g/mol. The SMILES string of the molecule is Cc1ccc(C)c(S(=O)(=O)N2CCN(C(=O)C3CSCN3)CC2)c1. The van der Waals surface area contributed by atoms with Crippen LogP contribution in [-0.4, -0.2) is 67.4 Å². The number of thioether (sulfide) groups is 1. The summed E-state index contributed by atoms with van der Waals surface area (Å²) in [4.78, 5) is 14.6. The van der Waals surface area contributed by atoms with Crippen molar-refractivity contribution in [2.75, 3.05) is 37.8 Å². The van der Waals surface area contributed by atoms with Crippen LogP contribution < -0.4 is 5.32 Å². The molecule has 0 aromatic heterocycles. The fraction of sp³-hybridized carbons (Fsp3) is 0.562. The van der Waals surface area contributed by atoms with Crippen LogP contribution in [0.3, 0.4) is 0 Å². The quantitative estimate of drug-likeness (QED) is 0.853. The third-order valence-electron chi connectivity index (χ3n) is 4.53. The van der Waals surface area contributed by atoms with Gasteiger partial charge >= 0.3 is 0 Å². The van der Waals surface area contributed by atoms with E-state index >= 15 is 0 Å². The van der Waals surface area contributed by atoms with E-state index in [9.17, 15) is 13.2 Å². The predicted molar refractivity (Wildman–Crippen MR) is 95.5 cm³/mol. The van der Waals surface area contributed by atoms with Gasteiger partial charge in [-0.3, -0.25) is 10.1 Å². The lowest BCUT2D eigenvalue weighted by molar-refractivity contribution is -0.133. The minimum Gasteiger partial charge on any atom is -0.339 e. The van der Waals surface area contributed by atoms with Crippen LogP contribution >= 0.6 is 11.8 Å². The van der Waals surface area contributed by atoms with Gasteiger partial charge in [-0.15, -0.1) is 11.8 Å². The van der Waals surface area contributed by atoms with E-state index in [4.69, 9.17) is 0 Å². The predicted octanol–water partition coefficient (Wildman–Crippen LogP) is 0.799. The summed E-state index contributed by atoms with van der Waals surface area (Å²) in [5.74, 6) is 1.68. The Morgan fingerprint density at radius 2 is 1.92 bits per heavy atom. The number of rotatable bonds is 3. The molecule has 132 valence electrons. The van der Waals surface area contributed by atoms with E-state index in [1.807, 2.05) is 26.0 Å². The second-order valence-electron chi connectivity index (χ2n) is 6.27. The van der Waals surface area contributed by atoms with E-state index in [0.29, 0.717) is 31.1 Å². The molecule has 2 aliphatic heterocycles. The third kappa shape index (κ3) is 3.46. The van der Waals surface area contributed by atoms with Crippen molar-refractivity contribution in [3.63, 3.8) is 0 Å². The molecular formula is C16H23N3O3S2. The number of hydrogen-bond donors (Lipinski definition) is 1. The van der Waals surface area contributed by atoms with E-state index in [0.717, 1.165) is 22.8 Å². The first-order valence-corrected chi connectivity index (χ1v) is 10.7. The van der Waals surface area contributed by atoms with Gasteiger partial charge in [-0.05, 0) is 31.0 Å². The summed E-state index contributed by atoms with van der Waals surface area (Å²) >= 11 is 1.71. The highest BCUT2D eigenvalue weighted by Crippen LogP contribution is 2.23. The van der Waals surface area contributed by atoms with E-state index in [1.54, 1.807) is 22.7 Å². The Morgan fingerprint density at radius 3 is 2.54 bits per heavy atom. The van der Waals surface area contributed by atoms with Gasteiger partial charge in [0.1, 0.15) is 0 Å². The van der Waals surface area contributed by atoms with E-state index < -0.39 is 10.0 Å². The molecular weight excluding hydrogens is 346 g/mol. The average molecular weight is 370 g/mol. The van der Waals surface area contributed by atoms with Crippen LogP contribution in [0.1, 0.15) is 11.1 Å². The molecule has 3 rings (SSSR count). The van der Waals surface area contributed by atoms with E-state index in [-0.39, 0.29) is 11.9 Å². The Labute approximate surface area is 147 Å². The lowest BCUT2D eigenvalue weighted by Gasteiger charge is -2.35. The Bertz CT molecular complexity index is 722. The number of carbonyl (C=O) groups is 1. The van der Waals surface area contributed by atoms with Crippen molar-refractivity contribution >= 4 is 27.7 Å². The molecule has 1 aromatic rings. The van der Waals surface area contributed by atoms with Crippen molar-refractivity contribution in [2.24, 2.45) is 0 Å². The molecule has 2 saturated heterocycles. The van der Waals surface area contributed by atoms with Gasteiger partial charge < -0.3 is 4.90 Å². The average Bonchev–Trinajstić information content (AvgIpc) is 3.11. The molecule has 8 heteroatoms. The molecule has 0 radical (unpaired) electrons. The first-order valence-electron chi connectivity index (χ1n) is 8.07. The molecule has 2 heterocycles. The van der Waals surface area contributed by atoms with Crippen molar-refractivity contribution in [3.05, 3.63) is 29.3 Å². The number of piperazine rings is 1. The summed E-state index contributed by atoms with van der Waals surface area (Å²) in [5, 5.41) is 3.17. The van der Waals surface area contributed by atoms with Crippen molar-refractivity contribution in [2.45, 2.75) is 24.8 Å². The highest BCUT2D eigenvalue weighted by atomic mass is 32.2. The minimum absolute atomic E-state index is 0.0868. The number of nitrogens with one attached hydrogen (secondary N) is 1. The molecule has 6 nitrogen and oxygen atoms in total. The maximum absolute atomic E-state index is 12.9. The molecule has 2 aliphatic rings. The Balaban J connectivity index is 1.69. The summed E-state index contributed by atoms with van der Waals surface area (Å²) in [7, 11) is -3.51. The summed E-state index contributed by atoms with van der Waals surface area (Å²) < 4.78 is 27.3. The fourth-order valence-electron chi connectivity index (χ4n) is 3.05. The molecule has 0 spiro atoms. The normalized spacial score (nSPS) is 22.8. The molecule has 24 heavy (non-hydrogen) atoms. The van der Waals surface area contributed by atoms with Gasteiger partial charge in [-0.25, -0.2) is 8.42 Å². The first-order chi connectivity index (χ1) is 11.4. The first kappa shape index (κ1) is 17.7. The molecule has 1 atom stereocenters. The summed E-state index contributed by atoms with van der Waals surface area (Å²) in [6, 6.07) is 5.35. The number of aryl methyl sites for hydroxylation is 2. The zero-order valence-corrected chi connectivity index (χ0v) is 15.6. The third-order valence-corrected chi connectivity index (χ3v) is 7.51. The maximum atomic E-state index is 12.9. The summed E-state index contributed by atoms with van der Waals surface area (Å²) in [5.41, 5.74) is 1.68. The van der Waals surface area contributed by atoms with Crippen LogP contribution in [0, 0.1) is 13.8 Å². The van der Waals surface area contributed by atoms with Crippen LogP contribution in [-0.2, 0) is 14.8 Å². The van der Waals surface area contributed by atoms with Gasteiger partial charge in [0.15, 0.2) is 0 Å². The Hall–Kier alpha value is -1.09. The van der Waals surface area contributed by atoms with E-state index in [1.165, 1.54) is 4.31 Å². The van der Waals surface area contributed by atoms with Crippen LogP contribution in [0.5, 0.6) is 0 Å². The van der Waals surface area contributed by atoms with Crippen LogP contribution in [0.25, 0.3) is 0 Å². The highest BCUT2D eigenvalue weighted by molar-refractivity contribution is 7.99. The summed E-state index contributed by atoms with van der Waals surface area (Å²) in [6.45, 7) is 5.30. The lowest BCUT2D eigenvalue weighted by atomic mass is 10.2. The topological polar surface area (TPSA) is 69.7 Å². The number of nitrogens with zero attached hydrogens (tertiary/aromatic N) is 2. The molecule has 0 saturated carbocycles. The van der Waals surface area contributed by atoms with Crippen molar-refractivity contribution in [1.29, 1.82) is 0 Å². The largest absolute Gasteiger partial charge is 0.339 e. The Kier molecular flexibility index (Phi) is 5.19. The van der Waals surface area contributed by atoms with Crippen LogP contribution in [0.2, 0.25) is 0 Å². The lowest BCUT2D eigenvalue weighted by Crippen LogP contribution is -2.54. The van der Waals surface area contributed by atoms with Gasteiger partial charge in [-0.2, -0.15) is 4.31 Å². The van der Waals surface area contributed by atoms with Gasteiger partial charge in [0, 0.05) is 37.8 Å². The summed E-state index contributed by atoms with van der Waals surface area (Å²) in [6.07, 6.45) is 0. The number of hydrogen-bond acceptors (Lipinski definition) is 5. The van der Waals surface area contributed by atoms with Crippen LogP contribution in [0.4, 0.5) is 0 Å². The van der Waals surface area contributed by atoms with Crippen molar-refractivity contribution < 1.29 is 13.2 Å². The molecule has 1 unspecified atom stereocenters. The highest BCUT2D eigenvalue weighted by Gasteiger charge is 2.34. The van der Waals surface area contributed by atoms with Gasteiger partial charge in [0.05, 0.1) is 10.9 Å². The van der Waals surface area contributed by atoms with Gasteiger partial charge in [0.25, 0.3) is 0 Å². The Morgan fingerprint density at radius 1 is 1.21 bits per heavy atom. The second kappa shape index (κ2) is 7.03. The zero-order valence-electron chi connectivity index (χ0n) is 14.0. The van der Waals surface area contributed by atoms with Gasteiger partial charge in [-0.1, -0.05) is 12.1 Å². The maximum Gasteiger partial charge on any atom is 0.243 e. The fourth-order valence-corrected chi connectivity index (χ4v) is 5.71. The zero-order chi connectivity index (χ0) is 17.3. The molecule has 1 amide bonds. The van der Waals surface area contributed by atoms with Crippen molar-refractivity contribution in [3.8, 4) is 0 Å². The molecule has 0 bridgehead atoms. The standard InChI is InChI=1S/C16H23N3O3S2/c1-12-3-4-13(2)15(9-12)24(21,22)19-7-5-18(6-8-19)16(20)14-10-23-11-17-14/h3-4,9,14,17H,5-8,10-11H2,1-2H3. The molecule has 1 N–H and O–H groups in total. The minimum atomic E-state index is -3.51. The number of benzene rings is 1. The molecule has 1 aromatic carbocycles.